The summed E-state index contributed by atoms with van der Waals surface area (Å²) in [4.78, 5) is 12.3. The molecule has 0 aliphatic heterocycles. The molecule has 0 saturated heterocycles. The second kappa shape index (κ2) is 9.15. The highest BCUT2D eigenvalue weighted by molar-refractivity contribution is 7.89. The van der Waals surface area contributed by atoms with Crippen LogP contribution in [0.3, 0.4) is 0 Å². The Bertz CT molecular complexity index is 1150. The molecule has 0 unspecified atom stereocenters. The molecule has 0 spiro atoms. The molecule has 0 aliphatic rings. The molecule has 3 aromatic rings. The Morgan fingerprint density at radius 3 is 2.41 bits per heavy atom. The van der Waals surface area contributed by atoms with Crippen LogP contribution in [0.4, 0.5) is 0 Å². The molecule has 0 fully saturated rings. The summed E-state index contributed by atoms with van der Waals surface area (Å²) in [6, 6.07) is 23.6. The second-order valence-electron chi connectivity index (χ2n) is 6.23. The Balaban J connectivity index is 1.67. The molecule has 0 atom stereocenters. The van der Waals surface area contributed by atoms with Crippen LogP contribution in [0.25, 0.3) is 0 Å². The van der Waals surface area contributed by atoms with Crippen molar-refractivity contribution in [3.05, 3.63) is 101 Å². The lowest BCUT2D eigenvalue weighted by molar-refractivity contribution is 0.0472. The van der Waals surface area contributed by atoms with Crippen molar-refractivity contribution in [1.82, 2.24) is 4.72 Å². The predicted molar refractivity (Wildman–Crippen MR) is 107 cm³/mol. The number of nitrogens with one attached hydrogen (secondary N) is 1. The molecule has 29 heavy (non-hydrogen) atoms. The van der Waals surface area contributed by atoms with Crippen molar-refractivity contribution < 1.29 is 17.9 Å². The maximum atomic E-state index is 12.5. The Labute approximate surface area is 169 Å². The highest BCUT2D eigenvalue weighted by atomic mass is 32.2. The van der Waals surface area contributed by atoms with Gasteiger partial charge in [0.2, 0.25) is 10.0 Å². The molecule has 6 nitrogen and oxygen atoms in total. The lowest BCUT2D eigenvalue weighted by Crippen LogP contribution is -2.23. The van der Waals surface area contributed by atoms with Crippen molar-refractivity contribution in [3.8, 4) is 6.07 Å². The summed E-state index contributed by atoms with van der Waals surface area (Å²) in [7, 11) is -3.78. The van der Waals surface area contributed by atoms with Crippen LogP contribution in [-0.4, -0.2) is 14.4 Å². The maximum absolute atomic E-state index is 12.5. The first kappa shape index (κ1) is 20.3. The van der Waals surface area contributed by atoms with E-state index in [1.807, 2.05) is 36.4 Å². The smallest absolute Gasteiger partial charge is 0.338 e. The van der Waals surface area contributed by atoms with Crippen molar-refractivity contribution in [1.29, 1.82) is 5.26 Å². The van der Waals surface area contributed by atoms with Crippen molar-refractivity contribution in [3.63, 3.8) is 0 Å². The number of ether oxygens (including phenoxy) is 1. The molecule has 3 rings (SSSR count). The van der Waals surface area contributed by atoms with Gasteiger partial charge in [-0.05, 0) is 41.5 Å². The number of rotatable bonds is 7. The summed E-state index contributed by atoms with van der Waals surface area (Å²) in [6.07, 6.45) is 0. The zero-order valence-electron chi connectivity index (χ0n) is 15.4. The predicted octanol–water partition coefficient (Wildman–Crippen LogP) is 3.39. The zero-order valence-corrected chi connectivity index (χ0v) is 16.2. The summed E-state index contributed by atoms with van der Waals surface area (Å²) >= 11 is 0. The van der Waals surface area contributed by atoms with Gasteiger partial charge in [0.15, 0.2) is 0 Å². The first-order valence-corrected chi connectivity index (χ1v) is 10.3. The standard InChI is InChI=1S/C22H18N2O4S/c23-14-18-8-4-9-19(12-18)16-28-22(25)20-10-5-11-21(13-20)29(26,27)24-15-17-6-2-1-3-7-17/h1-13,24H,15-16H2. The van der Waals surface area contributed by atoms with Crippen LogP contribution in [-0.2, 0) is 27.9 Å². The SMILES string of the molecule is N#Cc1cccc(COC(=O)c2cccc(S(=O)(=O)NCc3ccccc3)c2)c1. The molecule has 0 aromatic heterocycles. The van der Waals surface area contributed by atoms with E-state index in [0.717, 1.165) is 5.56 Å². The molecular weight excluding hydrogens is 388 g/mol. The van der Waals surface area contributed by atoms with E-state index in [4.69, 9.17) is 10.00 Å². The van der Waals surface area contributed by atoms with E-state index in [9.17, 15) is 13.2 Å². The minimum atomic E-state index is -3.78. The van der Waals surface area contributed by atoms with E-state index in [2.05, 4.69) is 4.72 Å². The molecule has 7 heteroatoms. The summed E-state index contributed by atoms with van der Waals surface area (Å²) < 4.78 is 32.8. The van der Waals surface area contributed by atoms with Crippen molar-refractivity contribution in [2.45, 2.75) is 18.0 Å². The summed E-state index contributed by atoms with van der Waals surface area (Å²) in [6.45, 7) is 0.130. The van der Waals surface area contributed by atoms with E-state index >= 15 is 0 Å². The van der Waals surface area contributed by atoms with Gasteiger partial charge in [-0.3, -0.25) is 0 Å². The van der Waals surface area contributed by atoms with E-state index < -0.39 is 16.0 Å². The number of nitriles is 1. The normalized spacial score (nSPS) is 10.9. The number of sulfonamides is 1. The first-order valence-electron chi connectivity index (χ1n) is 8.78. The quantitative estimate of drug-likeness (QED) is 0.607. The van der Waals surface area contributed by atoms with E-state index in [1.54, 1.807) is 24.3 Å². The Hall–Kier alpha value is -3.47. The monoisotopic (exact) mass is 406 g/mol. The molecule has 0 bridgehead atoms. The fraction of sp³-hybridized carbons (Fsp3) is 0.0909. The number of benzene rings is 3. The number of carbonyl (C=O) groups excluding carboxylic acids is 1. The van der Waals surface area contributed by atoms with Crippen molar-refractivity contribution >= 4 is 16.0 Å². The minimum Gasteiger partial charge on any atom is -0.457 e. The molecule has 0 radical (unpaired) electrons. The zero-order chi connectivity index (χ0) is 20.7. The Kier molecular flexibility index (Phi) is 6.39. The molecule has 0 aliphatic carbocycles. The van der Waals surface area contributed by atoms with Crippen LogP contribution in [0.15, 0.2) is 83.8 Å². The van der Waals surface area contributed by atoms with E-state index in [-0.39, 0.29) is 23.6 Å². The molecule has 0 heterocycles. The average Bonchev–Trinajstić information content (AvgIpc) is 2.77. The van der Waals surface area contributed by atoms with Gasteiger partial charge < -0.3 is 4.74 Å². The lowest BCUT2D eigenvalue weighted by Gasteiger charge is -2.09. The largest absolute Gasteiger partial charge is 0.457 e. The topological polar surface area (TPSA) is 96.3 Å². The molecular formula is C22H18N2O4S. The fourth-order valence-corrected chi connectivity index (χ4v) is 3.67. The maximum Gasteiger partial charge on any atom is 0.338 e. The fourth-order valence-electron chi connectivity index (χ4n) is 2.61. The number of esters is 1. The first-order chi connectivity index (χ1) is 14.0. The van der Waals surface area contributed by atoms with Gasteiger partial charge in [0.1, 0.15) is 6.61 Å². The number of carbonyl (C=O) groups is 1. The van der Waals surface area contributed by atoms with Crippen molar-refractivity contribution in [2.75, 3.05) is 0 Å². The average molecular weight is 406 g/mol. The highest BCUT2D eigenvalue weighted by Gasteiger charge is 2.17. The van der Waals surface area contributed by atoms with Crippen LogP contribution < -0.4 is 4.72 Å². The van der Waals surface area contributed by atoms with Gasteiger partial charge in [0.05, 0.1) is 22.1 Å². The van der Waals surface area contributed by atoms with Crippen LogP contribution in [0, 0.1) is 11.3 Å². The highest BCUT2D eigenvalue weighted by Crippen LogP contribution is 2.14. The van der Waals surface area contributed by atoms with Crippen LogP contribution in [0.2, 0.25) is 0 Å². The number of hydrogen-bond acceptors (Lipinski definition) is 5. The van der Waals surface area contributed by atoms with Crippen LogP contribution in [0.5, 0.6) is 0 Å². The van der Waals surface area contributed by atoms with Gasteiger partial charge >= 0.3 is 5.97 Å². The summed E-state index contributed by atoms with van der Waals surface area (Å²) in [5.74, 6) is -0.646. The van der Waals surface area contributed by atoms with Gasteiger partial charge in [-0.15, -0.1) is 0 Å². The molecule has 146 valence electrons. The van der Waals surface area contributed by atoms with E-state index in [0.29, 0.717) is 11.1 Å². The van der Waals surface area contributed by atoms with E-state index in [1.165, 1.54) is 24.3 Å². The van der Waals surface area contributed by atoms with Crippen molar-refractivity contribution in [2.24, 2.45) is 0 Å². The Morgan fingerprint density at radius 1 is 0.931 bits per heavy atom. The molecule has 0 saturated carbocycles. The van der Waals surface area contributed by atoms with Gasteiger partial charge in [-0.25, -0.2) is 17.9 Å². The third-order valence-electron chi connectivity index (χ3n) is 4.12. The van der Waals surface area contributed by atoms with Gasteiger partial charge in [-0.1, -0.05) is 48.5 Å². The van der Waals surface area contributed by atoms with Crippen LogP contribution in [0.1, 0.15) is 27.0 Å². The molecule has 0 amide bonds. The molecule has 3 aromatic carbocycles. The summed E-state index contributed by atoms with van der Waals surface area (Å²) in [5, 5.41) is 8.92. The third kappa shape index (κ3) is 5.51. The Morgan fingerprint density at radius 2 is 1.66 bits per heavy atom. The number of hydrogen-bond donors (Lipinski definition) is 1. The lowest BCUT2D eigenvalue weighted by atomic mass is 10.1. The summed E-state index contributed by atoms with van der Waals surface area (Å²) in [5.41, 5.74) is 2.09. The van der Waals surface area contributed by atoms with Gasteiger partial charge in [-0.2, -0.15) is 5.26 Å². The molecule has 1 N–H and O–H groups in total. The van der Waals surface area contributed by atoms with Gasteiger partial charge in [0.25, 0.3) is 0 Å². The number of nitrogens with zero attached hydrogens (tertiary/aromatic N) is 1. The second-order valence-corrected chi connectivity index (χ2v) is 7.99. The van der Waals surface area contributed by atoms with Crippen LogP contribution >= 0.6 is 0 Å². The minimum absolute atomic E-state index is 0.0163. The van der Waals surface area contributed by atoms with Gasteiger partial charge in [0, 0.05) is 6.54 Å². The third-order valence-corrected chi connectivity index (χ3v) is 5.51.